The number of hydrogen-bond donors (Lipinski definition) is 0. The summed E-state index contributed by atoms with van der Waals surface area (Å²) in [6.07, 6.45) is 2.57. The summed E-state index contributed by atoms with van der Waals surface area (Å²) in [7, 11) is 0. The number of carbonyl (C=O) groups is 2. The summed E-state index contributed by atoms with van der Waals surface area (Å²) in [5.74, 6) is 0.353. The van der Waals surface area contributed by atoms with Crippen LogP contribution in [0.3, 0.4) is 0 Å². The normalized spacial score (nSPS) is 14.1. The first-order chi connectivity index (χ1) is 12.2. The van der Waals surface area contributed by atoms with Crippen molar-refractivity contribution in [1.29, 1.82) is 0 Å². The Bertz CT molecular complexity index is 741. The van der Waals surface area contributed by atoms with Gasteiger partial charge >= 0.3 is 5.97 Å². The second-order valence-corrected chi connectivity index (χ2v) is 5.97. The van der Waals surface area contributed by atoms with Crippen LogP contribution in [0, 0.1) is 0 Å². The molecule has 0 bridgehead atoms. The third-order valence-corrected chi connectivity index (χ3v) is 4.07. The van der Waals surface area contributed by atoms with Crippen LogP contribution in [0.5, 0.6) is 0 Å². The molecule has 0 radical (unpaired) electrons. The first kappa shape index (κ1) is 17.1. The number of aryl methyl sites for hydroxylation is 1. The number of esters is 1. The third kappa shape index (κ3) is 4.20. The van der Waals surface area contributed by atoms with Gasteiger partial charge in [-0.2, -0.15) is 0 Å². The second-order valence-electron chi connectivity index (χ2n) is 5.97. The van der Waals surface area contributed by atoms with Crippen molar-refractivity contribution in [3.63, 3.8) is 0 Å². The zero-order valence-electron chi connectivity index (χ0n) is 14.2. The van der Waals surface area contributed by atoms with Gasteiger partial charge in [-0.1, -0.05) is 19.1 Å². The maximum atomic E-state index is 12.0. The van der Waals surface area contributed by atoms with Crippen molar-refractivity contribution in [3.8, 4) is 0 Å². The van der Waals surface area contributed by atoms with Gasteiger partial charge in [-0.15, -0.1) is 5.10 Å². The summed E-state index contributed by atoms with van der Waals surface area (Å²) in [5, 5.41) is 11.3. The lowest BCUT2D eigenvalue weighted by atomic mass is 10.1. The molecule has 0 spiro atoms. The summed E-state index contributed by atoms with van der Waals surface area (Å²) in [4.78, 5) is 25.5. The maximum Gasteiger partial charge on any atom is 0.310 e. The van der Waals surface area contributed by atoms with Gasteiger partial charge < -0.3 is 9.64 Å². The number of aromatic nitrogens is 4. The van der Waals surface area contributed by atoms with E-state index in [2.05, 4.69) is 15.5 Å². The van der Waals surface area contributed by atoms with Crippen molar-refractivity contribution < 1.29 is 14.3 Å². The predicted octanol–water partition coefficient (Wildman–Crippen LogP) is 1.50. The fourth-order valence-corrected chi connectivity index (χ4v) is 2.79. The summed E-state index contributed by atoms with van der Waals surface area (Å²) in [6, 6.07) is 7.44. The zero-order chi connectivity index (χ0) is 17.6. The minimum absolute atomic E-state index is 0.0617. The van der Waals surface area contributed by atoms with E-state index in [1.54, 1.807) is 9.58 Å². The van der Waals surface area contributed by atoms with Crippen molar-refractivity contribution >= 4 is 17.6 Å². The van der Waals surface area contributed by atoms with Crippen LogP contribution >= 0.6 is 0 Å². The van der Waals surface area contributed by atoms with Gasteiger partial charge in [0.05, 0.1) is 6.42 Å². The number of benzene rings is 1. The summed E-state index contributed by atoms with van der Waals surface area (Å²) < 4.78 is 6.89. The summed E-state index contributed by atoms with van der Waals surface area (Å²) >= 11 is 0. The van der Waals surface area contributed by atoms with E-state index in [9.17, 15) is 9.59 Å². The first-order valence-electron chi connectivity index (χ1n) is 8.47. The van der Waals surface area contributed by atoms with Crippen LogP contribution in [0.25, 0.3) is 0 Å². The Morgan fingerprint density at radius 3 is 2.76 bits per heavy atom. The molecule has 1 aliphatic heterocycles. The SMILES string of the molecule is CCCn1nnnc1COC(=O)Cc1ccc(N2CCCC2=O)cc1. The molecule has 0 atom stereocenters. The standard InChI is InChI=1S/C17H21N5O3/c1-2-9-22-15(18-19-20-22)12-25-17(24)11-13-5-7-14(8-6-13)21-10-3-4-16(21)23/h5-8H,2-4,9-12H2,1H3. The fraction of sp³-hybridized carbons (Fsp3) is 0.471. The van der Waals surface area contributed by atoms with E-state index in [0.29, 0.717) is 18.8 Å². The van der Waals surface area contributed by atoms with Gasteiger partial charge in [0, 0.05) is 25.2 Å². The van der Waals surface area contributed by atoms with Gasteiger partial charge in [0.2, 0.25) is 5.91 Å². The van der Waals surface area contributed by atoms with Crippen LogP contribution in [0.1, 0.15) is 37.6 Å². The molecular weight excluding hydrogens is 322 g/mol. The van der Waals surface area contributed by atoms with Gasteiger partial charge in [-0.3, -0.25) is 9.59 Å². The number of hydrogen-bond acceptors (Lipinski definition) is 6. The van der Waals surface area contributed by atoms with Crippen LogP contribution in [-0.4, -0.2) is 38.6 Å². The third-order valence-electron chi connectivity index (χ3n) is 4.07. The van der Waals surface area contributed by atoms with Crippen LogP contribution in [0.15, 0.2) is 24.3 Å². The second kappa shape index (κ2) is 7.87. The molecule has 2 heterocycles. The van der Waals surface area contributed by atoms with E-state index in [4.69, 9.17) is 4.74 Å². The minimum Gasteiger partial charge on any atom is -0.457 e. The van der Waals surface area contributed by atoms with Gasteiger partial charge in [-0.25, -0.2) is 4.68 Å². The monoisotopic (exact) mass is 343 g/mol. The highest BCUT2D eigenvalue weighted by Gasteiger charge is 2.21. The van der Waals surface area contributed by atoms with Crippen molar-refractivity contribution in [2.45, 2.75) is 45.8 Å². The van der Waals surface area contributed by atoms with Crippen molar-refractivity contribution in [2.24, 2.45) is 0 Å². The topological polar surface area (TPSA) is 90.2 Å². The van der Waals surface area contributed by atoms with E-state index in [0.717, 1.165) is 30.6 Å². The molecule has 0 saturated carbocycles. The molecular formula is C17H21N5O3. The largest absolute Gasteiger partial charge is 0.457 e. The average Bonchev–Trinajstić information content (AvgIpc) is 3.23. The fourth-order valence-electron chi connectivity index (χ4n) is 2.79. The van der Waals surface area contributed by atoms with Crippen LogP contribution in [0.2, 0.25) is 0 Å². The molecule has 132 valence electrons. The van der Waals surface area contributed by atoms with Crippen LogP contribution < -0.4 is 4.90 Å². The zero-order valence-corrected chi connectivity index (χ0v) is 14.2. The van der Waals surface area contributed by atoms with Crippen LogP contribution in [-0.2, 0) is 33.9 Å². The number of tetrazole rings is 1. The molecule has 3 rings (SSSR count). The minimum atomic E-state index is -0.337. The molecule has 1 aromatic heterocycles. The maximum absolute atomic E-state index is 12.0. The Morgan fingerprint density at radius 1 is 1.28 bits per heavy atom. The Balaban J connectivity index is 1.52. The quantitative estimate of drug-likeness (QED) is 0.708. The molecule has 0 unspecified atom stereocenters. The molecule has 0 N–H and O–H groups in total. The highest BCUT2D eigenvalue weighted by atomic mass is 16.5. The summed E-state index contributed by atoms with van der Waals surface area (Å²) in [5.41, 5.74) is 1.71. The molecule has 0 aliphatic carbocycles. The van der Waals surface area contributed by atoms with E-state index < -0.39 is 0 Å². The van der Waals surface area contributed by atoms with Gasteiger partial charge in [-0.05, 0) is 41.0 Å². The smallest absolute Gasteiger partial charge is 0.310 e. The Kier molecular flexibility index (Phi) is 5.37. The van der Waals surface area contributed by atoms with E-state index in [1.807, 2.05) is 31.2 Å². The van der Waals surface area contributed by atoms with Gasteiger partial charge in [0.15, 0.2) is 12.4 Å². The van der Waals surface area contributed by atoms with Crippen LogP contribution in [0.4, 0.5) is 5.69 Å². The molecule has 25 heavy (non-hydrogen) atoms. The lowest BCUT2D eigenvalue weighted by Gasteiger charge is -2.15. The molecule has 2 aromatic rings. The van der Waals surface area contributed by atoms with E-state index in [1.165, 1.54) is 0 Å². The van der Waals surface area contributed by atoms with Crippen molar-refractivity contribution in [2.75, 3.05) is 11.4 Å². The van der Waals surface area contributed by atoms with Crippen molar-refractivity contribution in [1.82, 2.24) is 20.2 Å². The van der Waals surface area contributed by atoms with Gasteiger partial charge in [0.1, 0.15) is 0 Å². The molecule has 8 nitrogen and oxygen atoms in total. The lowest BCUT2D eigenvalue weighted by Crippen LogP contribution is -2.23. The first-order valence-corrected chi connectivity index (χ1v) is 8.47. The Hall–Kier alpha value is -2.77. The number of anilines is 1. The number of ether oxygens (including phenoxy) is 1. The predicted molar refractivity (Wildman–Crippen MR) is 89.6 cm³/mol. The Morgan fingerprint density at radius 2 is 2.08 bits per heavy atom. The van der Waals surface area contributed by atoms with Gasteiger partial charge in [0.25, 0.3) is 0 Å². The molecule has 1 amide bonds. The lowest BCUT2D eigenvalue weighted by molar-refractivity contribution is -0.144. The molecule has 8 heteroatoms. The number of carbonyl (C=O) groups excluding carboxylic acids is 2. The molecule has 1 aromatic carbocycles. The molecule has 1 aliphatic rings. The number of rotatable bonds is 7. The Labute approximate surface area is 145 Å². The average molecular weight is 343 g/mol. The van der Waals surface area contributed by atoms with E-state index >= 15 is 0 Å². The molecule has 1 fully saturated rings. The van der Waals surface area contributed by atoms with Crippen molar-refractivity contribution in [3.05, 3.63) is 35.7 Å². The number of nitrogens with zero attached hydrogens (tertiary/aromatic N) is 5. The molecule has 1 saturated heterocycles. The highest BCUT2D eigenvalue weighted by Crippen LogP contribution is 2.21. The van der Waals surface area contributed by atoms with E-state index in [-0.39, 0.29) is 24.9 Å². The number of amides is 1. The summed E-state index contributed by atoms with van der Waals surface area (Å²) in [6.45, 7) is 3.53. The highest BCUT2D eigenvalue weighted by molar-refractivity contribution is 5.95.